The van der Waals surface area contributed by atoms with Crippen LogP contribution in [0.4, 0.5) is 17.1 Å². The van der Waals surface area contributed by atoms with Crippen molar-refractivity contribution in [2.75, 3.05) is 47.9 Å². The summed E-state index contributed by atoms with van der Waals surface area (Å²) in [5.41, 5.74) is 5.30. The number of nitrogens with zero attached hydrogens (tertiary/aromatic N) is 3. The van der Waals surface area contributed by atoms with Crippen molar-refractivity contribution in [2.45, 2.75) is 34.6 Å². The molecule has 1 aliphatic rings. The van der Waals surface area contributed by atoms with Gasteiger partial charge in [0.25, 0.3) is 5.91 Å². The lowest BCUT2D eigenvalue weighted by Crippen LogP contribution is -2.46. The van der Waals surface area contributed by atoms with E-state index in [1.165, 1.54) is 28.4 Å². The van der Waals surface area contributed by atoms with Gasteiger partial charge in [0, 0.05) is 55.9 Å². The van der Waals surface area contributed by atoms with E-state index < -0.39 is 5.97 Å². The SMILES string of the molecule is C=C(C)/C(=C/c1ccc(N2CCN(c3ccccc3)CC2)cc1)C(=O)N(C)c1ccc(C(=O)O)cc1.CC.CC. The van der Waals surface area contributed by atoms with Gasteiger partial charge < -0.3 is 19.8 Å². The molecule has 0 unspecified atom stereocenters. The van der Waals surface area contributed by atoms with Crippen molar-refractivity contribution in [1.29, 1.82) is 0 Å². The van der Waals surface area contributed by atoms with Crippen molar-refractivity contribution in [2.24, 2.45) is 0 Å². The number of carboxylic acid groups (broad SMARTS) is 1. The molecule has 1 heterocycles. The molecule has 1 fully saturated rings. The molecule has 1 N–H and O–H groups in total. The molecular formula is C34H43N3O3. The first kappa shape index (κ1) is 31.9. The number of likely N-dealkylation sites (N-methyl/N-ethyl adjacent to an activating group) is 1. The molecule has 212 valence electrons. The maximum Gasteiger partial charge on any atom is 0.335 e. The van der Waals surface area contributed by atoms with E-state index in [1.807, 2.05) is 58.9 Å². The van der Waals surface area contributed by atoms with E-state index in [1.54, 1.807) is 19.2 Å². The van der Waals surface area contributed by atoms with Gasteiger partial charge in [0.2, 0.25) is 0 Å². The van der Waals surface area contributed by atoms with Crippen LogP contribution in [0.5, 0.6) is 0 Å². The number of para-hydroxylation sites is 1. The average molecular weight is 542 g/mol. The van der Waals surface area contributed by atoms with Gasteiger partial charge in [-0.05, 0) is 72.7 Å². The van der Waals surface area contributed by atoms with Gasteiger partial charge in [0.15, 0.2) is 0 Å². The number of aromatic carboxylic acids is 1. The topological polar surface area (TPSA) is 64.1 Å². The second-order valence-electron chi connectivity index (χ2n) is 8.96. The number of rotatable bonds is 7. The fraction of sp³-hybridized carbons (Fsp3) is 0.294. The van der Waals surface area contributed by atoms with Gasteiger partial charge in [-0.25, -0.2) is 4.79 Å². The number of carbonyl (C=O) groups excluding carboxylic acids is 1. The molecule has 1 amide bonds. The third-order valence-electron chi connectivity index (χ3n) is 6.47. The van der Waals surface area contributed by atoms with Crippen molar-refractivity contribution < 1.29 is 14.7 Å². The highest BCUT2D eigenvalue weighted by Crippen LogP contribution is 2.24. The van der Waals surface area contributed by atoms with E-state index in [4.69, 9.17) is 5.11 Å². The Morgan fingerprint density at radius 3 is 1.70 bits per heavy atom. The zero-order valence-electron chi connectivity index (χ0n) is 24.7. The van der Waals surface area contributed by atoms with Gasteiger partial charge in [-0.1, -0.05) is 64.6 Å². The van der Waals surface area contributed by atoms with Crippen LogP contribution in [0.3, 0.4) is 0 Å². The first-order valence-corrected chi connectivity index (χ1v) is 14.0. The Labute approximate surface area is 239 Å². The number of amides is 1. The van der Waals surface area contributed by atoms with Crippen LogP contribution >= 0.6 is 0 Å². The first-order chi connectivity index (χ1) is 19.3. The van der Waals surface area contributed by atoms with Crippen LogP contribution in [-0.2, 0) is 4.79 Å². The summed E-state index contributed by atoms with van der Waals surface area (Å²) in [6.45, 7) is 17.7. The first-order valence-electron chi connectivity index (χ1n) is 14.0. The smallest absolute Gasteiger partial charge is 0.335 e. The molecule has 1 saturated heterocycles. The summed E-state index contributed by atoms with van der Waals surface area (Å²) in [6.07, 6.45) is 1.85. The van der Waals surface area contributed by atoms with Crippen molar-refractivity contribution >= 4 is 35.0 Å². The van der Waals surface area contributed by atoms with Gasteiger partial charge in [-0.3, -0.25) is 4.79 Å². The fourth-order valence-electron chi connectivity index (χ4n) is 4.30. The molecule has 3 aromatic rings. The van der Waals surface area contributed by atoms with Gasteiger partial charge in [-0.15, -0.1) is 0 Å². The van der Waals surface area contributed by atoms with E-state index >= 15 is 0 Å². The summed E-state index contributed by atoms with van der Waals surface area (Å²) in [5, 5.41) is 9.10. The molecule has 4 rings (SSSR count). The minimum Gasteiger partial charge on any atom is -0.478 e. The van der Waals surface area contributed by atoms with Crippen LogP contribution in [0.25, 0.3) is 6.08 Å². The molecule has 6 heteroatoms. The molecule has 0 aromatic heterocycles. The number of piperazine rings is 1. The molecule has 0 radical (unpaired) electrons. The summed E-state index contributed by atoms with van der Waals surface area (Å²) >= 11 is 0. The number of anilines is 3. The molecule has 0 bridgehead atoms. The zero-order valence-corrected chi connectivity index (χ0v) is 24.7. The lowest BCUT2D eigenvalue weighted by Gasteiger charge is -2.37. The van der Waals surface area contributed by atoms with Crippen molar-refractivity contribution in [3.63, 3.8) is 0 Å². The van der Waals surface area contributed by atoms with Gasteiger partial charge >= 0.3 is 5.97 Å². The highest BCUT2D eigenvalue weighted by molar-refractivity contribution is 6.11. The third kappa shape index (κ3) is 8.34. The second kappa shape index (κ2) is 15.9. The molecule has 1 aliphatic heterocycles. The average Bonchev–Trinajstić information content (AvgIpc) is 3.02. The number of benzene rings is 3. The van der Waals surface area contributed by atoms with Crippen LogP contribution in [-0.4, -0.2) is 50.2 Å². The number of hydrogen-bond donors (Lipinski definition) is 1. The van der Waals surface area contributed by atoms with E-state index in [-0.39, 0.29) is 11.5 Å². The Balaban J connectivity index is 0.00000134. The Bertz CT molecular complexity index is 1260. The van der Waals surface area contributed by atoms with Crippen LogP contribution < -0.4 is 14.7 Å². The van der Waals surface area contributed by atoms with Crippen molar-refractivity contribution in [3.05, 3.63) is 108 Å². The highest BCUT2D eigenvalue weighted by atomic mass is 16.4. The number of carboxylic acids is 1. The molecule has 40 heavy (non-hydrogen) atoms. The van der Waals surface area contributed by atoms with Crippen LogP contribution in [0.2, 0.25) is 0 Å². The van der Waals surface area contributed by atoms with Gasteiger partial charge in [0.1, 0.15) is 0 Å². The lowest BCUT2D eigenvalue weighted by atomic mass is 10.0. The maximum absolute atomic E-state index is 13.2. The molecule has 0 saturated carbocycles. The summed E-state index contributed by atoms with van der Waals surface area (Å²) in [4.78, 5) is 30.6. The number of carbonyl (C=O) groups is 2. The molecule has 6 nitrogen and oxygen atoms in total. The van der Waals surface area contributed by atoms with Crippen LogP contribution in [0.15, 0.2) is 96.6 Å². The van der Waals surface area contributed by atoms with E-state index in [0.29, 0.717) is 16.8 Å². The predicted molar refractivity (Wildman–Crippen MR) is 170 cm³/mol. The molecule has 0 atom stereocenters. The lowest BCUT2D eigenvalue weighted by molar-refractivity contribution is -0.114. The van der Waals surface area contributed by atoms with Gasteiger partial charge in [-0.2, -0.15) is 0 Å². The van der Waals surface area contributed by atoms with Crippen molar-refractivity contribution in [1.82, 2.24) is 0 Å². The van der Waals surface area contributed by atoms with E-state index in [9.17, 15) is 9.59 Å². The zero-order chi connectivity index (χ0) is 29.7. The predicted octanol–water partition coefficient (Wildman–Crippen LogP) is 7.39. The second-order valence-corrected chi connectivity index (χ2v) is 8.96. The summed E-state index contributed by atoms with van der Waals surface area (Å²) < 4.78 is 0. The third-order valence-corrected chi connectivity index (χ3v) is 6.47. The Hall–Kier alpha value is -4.32. The molecule has 3 aromatic carbocycles. The molecule has 0 aliphatic carbocycles. The van der Waals surface area contributed by atoms with Crippen LogP contribution in [0.1, 0.15) is 50.5 Å². The minimum absolute atomic E-state index is 0.178. The Morgan fingerprint density at radius 1 is 0.775 bits per heavy atom. The van der Waals surface area contributed by atoms with E-state index in [0.717, 1.165) is 31.7 Å². The van der Waals surface area contributed by atoms with E-state index in [2.05, 4.69) is 52.8 Å². The monoisotopic (exact) mass is 541 g/mol. The largest absolute Gasteiger partial charge is 0.478 e. The standard InChI is InChI=1S/C30H31N3O3.2C2H6/c1-22(2)28(29(34)31(3)25-15-11-24(12-16-25)30(35)36)21-23-9-13-27(14-10-23)33-19-17-32(18-20-33)26-7-5-4-6-8-26;2*1-2/h4-16,21H,1,17-20H2,2-3H3,(H,35,36);2*1-2H3/b28-21-;;. The van der Waals surface area contributed by atoms with Gasteiger partial charge in [0.05, 0.1) is 5.56 Å². The summed E-state index contributed by atoms with van der Waals surface area (Å²) in [7, 11) is 1.67. The fourth-order valence-corrected chi connectivity index (χ4v) is 4.30. The quantitative estimate of drug-likeness (QED) is 0.250. The highest BCUT2D eigenvalue weighted by Gasteiger charge is 2.19. The summed E-state index contributed by atoms with van der Waals surface area (Å²) in [6, 6.07) is 25.0. The number of hydrogen-bond acceptors (Lipinski definition) is 4. The van der Waals surface area contributed by atoms with Crippen LogP contribution in [0, 0.1) is 0 Å². The molecular weight excluding hydrogens is 498 g/mol. The Morgan fingerprint density at radius 2 is 1.25 bits per heavy atom. The Kier molecular flexibility index (Phi) is 12.7. The maximum atomic E-state index is 13.2. The molecule has 0 spiro atoms. The normalized spacial score (nSPS) is 12.8. The van der Waals surface area contributed by atoms with Crippen molar-refractivity contribution in [3.8, 4) is 0 Å². The summed E-state index contributed by atoms with van der Waals surface area (Å²) in [5.74, 6) is -1.20. The minimum atomic E-state index is -1.00.